The SMILES string of the molecule is Cc1cc2nc(NC(C)C)c3ccccc3n2n1. The summed E-state index contributed by atoms with van der Waals surface area (Å²) in [4.78, 5) is 4.65. The monoisotopic (exact) mass is 240 g/mol. The van der Waals surface area contributed by atoms with Crippen molar-refractivity contribution in [2.45, 2.75) is 26.8 Å². The molecular formula is C14H16N4. The van der Waals surface area contributed by atoms with Crippen LogP contribution in [0.2, 0.25) is 0 Å². The molecule has 0 spiro atoms. The largest absolute Gasteiger partial charge is 0.367 e. The number of hydrogen-bond acceptors (Lipinski definition) is 3. The molecule has 1 aromatic carbocycles. The van der Waals surface area contributed by atoms with Crippen molar-refractivity contribution in [3.63, 3.8) is 0 Å². The second-order valence-corrected chi connectivity index (χ2v) is 4.83. The Morgan fingerprint density at radius 3 is 2.78 bits per heavy atom. The van der Waals surface area contributed by atoms with E-state index in [4.69, 9.17) is 0 Å². The summed E-state index contributed by atoms with van der Waals surface area (Å²) < 4.78 is 1.90. The van der Waals surface area contributed by atoms with Crippen LogP contribution in [0.5, 0.6) is 0 Å². The Morgan fingerprint density at radius 1 is 1.22 bits per heavy atom. The molecule has 1 N–H and O–H groups in total. The Morgan fingerprint density at radius 2 is 2.00 bits per heavy atom. The van der Waals surface area contributed by atoms with Crippen LogP contribution >= 0.6 is 0 Å². The molecule has 92 valence electrons. The summed E-state index contributed by atoms with van der Waals surface area (Å²) in [5.41, 5.74) is 2.95. The third-order valence-electron chi connectivity index (χ3n) is 2.85. The standard InChI is InChI=1S/C14H16N4/c1-9(2)15-14-11-6-4-5-7-12(11)18-13(16-14)8-10(3)17-18/h4-9H,1-3H3,(H,15,16). The fourth-order valence-electron chi connectivity index (χ4n) is 2.16. The number of fused-ring (bicyclic) bond motifs is 3. The third-order valence-corrected chi connectivity index (χ3v) is 2.85. The molecule has 4 heteroatoms. The molecule has 0 amide bonds. The lowest BCUT2D eigenvalue weighted by atomic mass is 10.2. The lowest BCUT2D eigenvalue weighted by Crippen LogP contribution is -2.12. The summed E-state index contributed by atoms with van der Waals surface area (Å²) >= 11 is 0. The first kappa shape index (κ1) is 11.0. The van der Waals surface area contributed by atoms with Crippen molar-refractivity contribution >= 4 is 22.4 Å². The molecule has 0 aliphatic carbocycles. The van der Waals surface area contributed by atoms with Gasteiger partial charge in [0, 0.05) is 17.5 Å². The zero-order valence-electron chi connectivity index (χ0n) is 10.8. The van der Waals surface area contributed by atoms with E-state index in [2.05, 4.69) is 41.4 Å². The van der Waals surface area contributed by atoms with Crippen molar-refractivity contribution in [1.29, 1.82) is 0 Å². The summed E-state index contributed by atoms with van der Waals surface area (Å²) in [5, 5.41) is 8.98. The second-order valence-electron chi connectivity index (χ2n) is 4.83. The van der Waals surface area contributed by atoms with Crippen LogP contribution in [0.1, 0.15) is 19.5 Å². The Bertz CT molecular complexity index is 712. The van der Waals surface area contributed by atoms with Gasteiger partial charge in [-0.2, -0.15) is 5.10 Å². The van der Waals surface area contributed by atoms with Gasteiger partial charge in [-0.3, -0.25) is 0 Å². The molecule has 3 aromatic rings. The van der Waals surface area contributed by atoms with Crippen LogP contribution in [0.4, 0.5) is 5.82 Å². The van der Waals surface area contributed by atoms with E-state index in [1.54, 1.807) is 0 Å². The highest BCUT2D eigenvalue weighted by Gasteiger charge is 2.10. The maximum Gasteiger partial charge on any atom is 0.158 e. The molecule has 4 nitrogen and oxygen atoms in total. The average Bonchev–Trinajstić information content (AvgIpc) is 2.69. The number of benzene rings is 1. The van der Waals surface area contributed by atoms with E-state index >= 15 is 0 Å². The van der Waals surface area contributed by atoms with Crippen LogP contribution in [0.25, 0.3) is 16.6 Å². The first-order valence-electron chi connectivity index (χ1n) is 6.17. The fourth-order valence-corrected chi connectivity index (χ4v) is 2.16. The fraction of sp³-hybridized carbons (Fsp3) is 0.286. The number of aryl methyl sites for hydroxylation is 1. The van der Waals surface area contributed by atoms with Gasteiger partial charge < -0.3 is 5.32 Å². The van der Waals surface area contributed by atoms with E-state index in [0.29, 0.717) is 6.04 Å². The van der Waals surface area contributed by atoms with Crippen LogP contribution in [-0.2, 0) is 0 Å². The van der Waals surface area contributed by atoms with Crippen molar-refractivity contribution in [3.05, 3.63) is 36.0 Å². The molecule has 3 rings (SSSR count). The predicted octanol–water partition coefficient (Wildman–Crippen LogP) is 3.01. The summed E-state index contributed by atoms with van der Waals surface area (Å²) in [6, 6.07) is 10.5. The quantitative estimate of drug-likeness (QED) is 0.748. The van der Waals surface area contributed by atoms with Gasteiger partial charge in [0.25, 0.3) is 0 Å². The molecule has 0 fully saturated rings. The van der Waals surface area contributed by atoms with Gasteiger partial charge in [0.15, 0.2) is 5.65 Å². The molecule has 0 bridgehead atoms. The average molecular weight is 240 g/mol. The van der Waals surface area contributed by atoms with Gasteiger partial charge in [-0.1, -0.05) is 12.1 Å². The molecular weight excluding hydrogens is 224 g/mol. The number of anilines is 1. The van der Waals surface area contributed by atoms with Crippen molar-refractivity contribution in [1.82, 2.24) is 14.6 Å². The van der Waals surface area contributed by atoms with Crippen LogP contribution in [0.15, 0.2) is 30.3 Å². The molecule has 0 aliphatic rings. The molecule has 2 aromatic heterocycles. The van der Waals surface area contributed by atoms with Gasteiger partial charge in [-0.05, 0) is 32.9 Å². The van der Waals surface area contributed by atoms with E-state index in [1.807, 2.05) is 29.6 Å². The molecule has 0 radical (unpaired) electrons. The van der Waals surface area contributed by atoms with E-state index in [9.17, 15) is 0 Å². The summed E-state index contributed by atoms with van der Waals surface area (Å²) in [7, 11) is 0. The Labute approximate surface area is 106 Å². The van der Waals surface area contributed by atoms with Crippen LogP contribution in [0.3, 0.4) is 0 Å². The highest BCUT2D eigenvalue weighted by atomic mass is 15.3. The highest BCUT2D eigenvalue weighted by molar-refractivity contribution is 5.91. The third kappa shape index (κ3) is 1.70. The lowest BCUT2D eigenvalue weighted by molar-refractivity contribution is 0.887. The van der Waals surface area contributed by atoms with Crippen molar-refractivity contribution < 1.29 is 0 Å². The molecule has 2 heterocycles. The summed E-state index contributed by atoms with van der Waals surface area (Å²) in [5.74, 6) is 0.924. The van der Waals surface area contributed by atoms with Crippen LogP contribution in [0, 0.1) is 6.92 Å². The van der Waals surface area contributed by atoms with Gasteiger partial charge in [-0.25, -0.2) is 9.50 Å². The maximum absolute atomic E-state index is 4.65. The van der Waals surface area contributed by atoms with Gasteiger partial charge in [-0.15, -0.1) is 0 Å². The van der Waals surface area contributed by atoms with Crippen molar-refractivity contribution in [3.8, 4) is 0 Å². The molecule has 0 aliphatic heterocycles. The first-order valence-corrected chi connectivity index (χ1v) is 6.17. The summed E-state index contributed by atoms with van der Waals surface area (Å²) in [6.45, 7) is 6.21. The van der Waals surface area contributed by atoms with Gasteiger partial charge in [0.2, 0.25) is 0 Å². The van der Waals surface area contributed by atoms with Crippen LogP contribution < -0.4 is 5.32 Å². The van der Waals surface area contributed by atoms with Gasteiger partial charge in [0.05, 0.1) is 11.2 Å². The minimum absolute atomic E-state index is 0.354. The molecule has 18 heavy (non-hydrogen) atoms. The second kappa shape index (κ2) is 3.98. The topological polar surface area (TPSA) is 42.2 Å². The number of aromatic nitrogens is 3. The first-order chi connectivity index (χ1) is 8.65. The number of hydrogen-bond donors (Lipinski definition) is 1. The number of rotatable bonds is 2. The molecule has 0 saturated carbocycles. The highest BCUT2D eigenvalue weighted by Crippen LogP contribution is 2.23. The number of para-hydroxylation sites is 1. The zero-order valence-corrected chi connectivity index (χ0v) is 10.8. The normalized spacial score (nSPS) is 11.6. The molecule has 0 unspecified atom stereocenters. The Kier molecular flexibility index (Phi) is 2.44. The van der Waals surface area contributed by atoms with E-state index in [0.717, 1.165) is 28.1 Å². The maximum atomic E-state index is 4.65. The minimum atomic E-state index is 0.354. The number of nitrogens with zero attached hydrogens (tertiary/aromatic N) is 3. The van der Waals surface area contributed by atoms with Gasteiger partial charge in [0.1, 0.15) is 5.82 Å². The zero-order chi connectivity index (χ0) is 12.7. The van der Waals surface area contributed by atoms with E-state index in [-0.39, 0.29) is 0 Å². The van der Waals surface area contributed by atoms with E-state index < -0.39 is 0 Å². The Hall–Kier alpha value is -2.10. The minimum Gasteiger partial charge on any atom is -0.367 e. The van der Waals surface area contributed by atoms with Crippen molar-refractivity contribution in [2.24, 2.45) is 0 Å². The number of nitrogens with one attached hydrogen (secondary N) is 1. The van der Waals surface area contributed by atoms with Crippen LogP contribution in [-0.4, -0.2) is 20.6 Å². The lowest BCUT2D eigenvalue weighted by Gasteiger charge is -2.12. The smallest absolute Gasteiger partial charge is 0.158 e. The summed E-state index contributed by atoms with van der Waals surface area (Å²) in [6.07, 6.45) is 0. The molecule has 0 atom stereocenters. The predicted molar refractivity (Wildman–Crippen MR) is 74.0 cm³/mol. The molecule has 0 saturated heterocycles. The van der Waals surface area contributed by atoms with Crippen molar-refractivity contribution in [2.75, 3.05) is 5.32 Å². The van der Waals surface area contributed by atoms with E-state index in [1.165, 1.54) is 0 Å². The Balaban J connectivity index is 2.38. The van der Waals surface area contributed by atoms with Gasteiger partial charge >= 0.3 is 0 Å².